The van der Waals surface area contributed by atoms with E-state index in [0.717, 1.165) is 19.4 Å². The number of thiophene rings is 1. The molecular weight excluding hydrogens is 236 g/mol. The lowest BCUT2D eigenvalue weighted by Gasteiger charge is -2.22. The molecule has 0 aromatic carbocycles. The summed E-state index contributed by atoms with van der Waals surface area (Å²) in [4.78, 5) is 19.3. The second kappa shape index (κ2) is 4.29. The molecule has 1 amide bonds. The molecule has 3 rings (SSSR count). The topological polar surface area (TPSA) is 61.9 Å². The first kappa shape index (κ1) is 10.5. The molecule has 88 valence electrons. The fourth-order valence-corrected chi connectivity index (χ4v) is 3.10. The van der Waals surface area contributed by atoms with Gasteiger partial charge >= 0.3 is 0 Å². The predicted octanol–water partition coefficient (Wildman–Crippen LogP) is 1.84. The Labute approximate surface area is 102 Å². The van der Waals surface area contributed by atoms with Crippen molar-refractivity contribution in [2.45, 2.75) is 18.9 Å². The van der Waals surface area contributed by atoms with Gasteiger partial charge in [0.05, 0.1) is 6.04 Å². The van der Waals surface area contributed by atoms with Crippen LogP contribution in [0.2, 0.25) is 0 Å². The van der Waals surface area contributed by atoms with Crippen LogP contribution in [0.3, 0.4) is 0 Å². The quantitative estimate of drug-likeness (QED) is 0.882. The van der Waals surface area contributed by atoms with Crippen molar-refractivity contribution in [3.8, 4) is 0 Å². The molecule has 0 saturated carbocycles. The monoisotopic (exact) mass is 248 g/mol. The van der Waals surface area contributed by atoms with Crippen molar-refractivity contribution in [3.63, 3.8) is 0 Å². The van der Waals surface area contributed by atoms with E-state index in [4.69, 9.17) is 0 Å². The molecule has 1 atom stereocenters. The third-order valence-electron chi connectivity index (χ3n) is 3.00. The molecular formula is C11H12N4OS. The molecule has 3 heterocycles. The molecule has 1 unspecified atom stereocenters. The van der Waals surface area contributed by atoms with Crippen molar-refractivity contribution in [2.75, 3.05) is 6.54 Å². The van der Waals surface area contributed by atoms with E-state index in [1.54, 1.807) is 11.3 Å². The van der Waals surface area contributed by atoms with E-state index >= 15 is 0 Å². The normalized spacial score (nSPS) is 19.8. The first-order valence-corrected chi connectivity index (χ1v) is 6.44. The number of aromatic nitrogens is 3. The lowest BCUT2D eigenvalue weighted by Crippen LogP contribution is -2.31. The molecule has 1 aliphatic rings. The Morgan fingerprint density at radius 2 is 2.53 bits per heavy atom. The zero-order valence-electron chi connectivity index (χ0n) is 9.17. The number of H-pyrrole nitrogens is 1. The van der Waals surface area contributed by atoms with Gasteiger partial charge in [0.15, 0.2) is 0 Å². The Kier molecular flexibility index (Phi) is 2.64. The molecule has 0 spiro atoms. The number of rotatable bonds is 2. The molecule has 17 heavy (non-hydrogen) atoms. The van der Waals surface area contributed by atoms with Gasteiger partial charge in [0, 0.05) is 11.4 Å². The van der Waals surface area contributed by atoms with Gasteiger partial charge in [0.1, 0.15) is 6.33 Å². The molecule has 1 fully saturated rings. The number of amides is 1. The molecule has 1 saturated heterocycles. The highest BCUT2D eigenvalue weighted by Gasteiger charge is 2.32. The van der Waals surface area contributed by atoms with Gasteiger partial charge in [-0.05, 0) is 24.3 Å². The van der Waals surface area contributed by atoms with Crippen molar-refractivity contribution >= 4 is 17.2 Å². The summed E-state index contributed by atoms with van der Waals surface area (Å²) < 4.78 is 0. The van der Waals surface area contributed by atoms with Crippen LogP contribution in [0, 0.1) is 0 Å². The van der Waals surface area contributed by atoms with Gasteiger partial charge < -0.3 is 4.90 Å². The number of likely N-dealkylation sites (tertiary alicyclic amines) is 1. The van der Waals surface area contributed by atoms with E-state index in [9.17, 15) is 4.79 Å². The van der Waals surface area contributed by atoms with Crippen molar-refractivity contribution in [1.29, 1.82) is 0 Å². The van der Waals surface area contributed by atoms with E-state index in [-0.39, 0.29) is 11.9 Å². The SMILES string of the molecule is O=C(c1ncn[nH]1)N1CCCC1c1cccs1. The Hall–Kier alpha value is -1.69. The molecule has 2 aromatic heterocycles. The Balaban J connectivity index is 1.85. The second-order valence-corrected chi connectivity index (χ2v) is 4.99. The first-order chi connectivity index (χ1) is 8.36. The standard InChI is InChI=1S/C11H12N4OS/c16-11(10-12-7-13-14-10)15-5-1-3-8(15)9-4-2-6-17-9/h2,4,6-8H,1,3,5H2,(H,12,13,14). The molecule has 0 radical (unpaired) electrons. The minimum Gasteiger partial charge on any atom is -0.328 e. The van der Waals surface area contributed by atoms with Crippen molar-refractivity contribution in [1.82, 2.24) is 20.1 Å². The maximum absolute atomic E-state index is 12.2. The molecule has 6 heteroatoms. The number of nitrogens with one attached hydrogen (secondary N) is 1. The number of hydrogen-bond acceptors (Lipinski definition) is 4. The number of carbonyl (C=O) groups excluding carboxylic acids is 1. The van der Waals surface area contributed by atoms with Gasteiger partial charge in [0.25, 0.3) is 5.91 Å². The van der Waals surface area contributed by atoms with Crippen LogP contribution in [-0.4, -0.2) is 32.5 Å². The summed E-state index contributed by atoms with van der Waals surface area (Å²) in [5.41, 5.74) is 0. The zero-order chi connectivity index (χ0) is 11.7. The van der Waals surface area contributed by atoms with Crippen LogP contribution in [0.5, 0.6) is 0 Å². The largest absolute Gasteiger partial charge is 0.328 e. The van der Waals surface area contributed by atoms with Crippen LogP contribution in [0.25, 0.3) is 0 Å². The maximum Gasteiger partial charge on any atom is 0.291 e. The summed E-state index contributed by atoms with van der Waals surface area (Å²) in [6.07, 6.45) is 3.44. The van der Waals surface area contributed by atoms with Crippen LogP contribution in [0.1, 0.15) is 34.4 Å². The van der Waals surface area contributed by atoms with Crippen LogP contribution < -0.4 is 0 Å². The van der Waals surface area contributed by atoms with Crippen molar-refractivity contribution < 1.29 is 4.79 Å². The molecule has 1 aliphatic heterocycles. The Morgan fingerprint density at radius 1 is 1.59 bits per heavy atom. The summed E-state index contributed by atoms with van der Waals surface area (Å²) in [7, 11) is 0. The van der Waals surface area contributed by atoms with Gasteiger partial charge in [-0.3, -0.25) is 9.89 Å². The fourth-order valence-electron chi connectivity index (χ4n) is 2.23. The zero-order valence-corrected chi connectivity index (χ0v) is 9.98. The van der Waals surface area contributed by atoms with Gasteiger partial charge in [-0.1, -0.05) is 6.07 Å². The third kappa shape index (κ3) is 1.84. The molecule has 0 bridgehead atoms. The van der Waals surface area contributed by atoms with Crippen LogP contribution in [0.4, 0.5) is 0 Å². The number of nitrogens with zero attached hydrogens (tertiary/aromatic N) is 3. The minimum atomic E-state index is -0.0570. The third-order valence-corrected chi connectivity index (χ3v) is 3.98. The molecule has 0 aliphatic carbocycles. The fraction of sp³-hybridized carbons (Fsp3) is 0.364. The van der Waals surface area contributed by atoms with E-state index < -0.39 is 0 Å². The van der Waals surface area contributed by atoms with E-state index in [0.29, 0.717) is 5.82 Å². The van der Waals surface area contributed by atoms with E-state index in [1.165, 1.54) is 11.2 Å². The predicted molar refractivity (Wildman–Crippen MR) is 63.7 cm³/mol. The Bertz CT molecular complexity index is 494. The van der Waals surface area contributed by atoms with Gasteiger partial charge in [0.2, 0.25) is 5.82 Å². The highest BCUT2D eigenvalue weighted by Crippen LogP contribution is 2.34. The first-order valence-electron chi connectivity index (χ1n) is 5.56. The highest BCUT2D eigenvalue weighted by molar-refractivity contribution is 7.10. The lowest BCUT2D eigenvalue weighted by molar-refractivity contribution is 0.0726. The molecule has 2 aromatic rings. The molecule has 1 N–H and O–H groups in total. The van der Waals surface area contributed by atoms with Gasteiger partial charge in [-0.25, -0.2) is 4.98 Å². The van der Waals surface area contributed by atoms with Crippen LogP contribution in [-0.2, 0) is 0 Å². The summed E-state index contributed by atoms with van der Waals surface area (Å²) >= 11 is 1.70. The number of aromatic amines is 1. The lowest BCUT2D eigenvalue weighted by atomic mass is 10.2. The second-order valence-electron chi connectivity index (χ2n) is 4.01. The number of carbonyl (C=O) groups is 1. The smallest absolute Gasteiger partial charge is 0.291 e. The van der Waals surface area contributed by atoms with Crippen molar-refractivity contribution in [2.24, 2.45) is 0 Å². The number of hydrogen-bond donors (Lipinski definition) is 1. The minimum absolute atomic E-state index is 0.0570. The van der Waals surface area contributed by atoms with Crippen LogP contribution >= 0.6 is 11.3 Å². The van der Waals surface area contributed by atoms with Gasteiger partial charge in [-0.15, -0.1) is 11.3 Å². The molecule has 5 nitrogen and oxygen atoms in total. The average Bonchev–Trinajstić information content (AvgIpc) is 3.09. The van der Waals surface area contributed by atoms with E-state index in [1.807, 2.05) is 16.3 Å². The van der Waals surface area contributed by atoms with E-state index in [2.05, 4.69) is 21.2 Å². The highest BCUT2D eigenvalue weighted by atomic mass is 32.1. The summed E-state index contributed by atoms with van der Waals surface area (Å²) in [6, 6.07) is 4.31. The van der Waals surface area contributed by atoms with Gasteiger partial charge in [-0.2, -0.15) is 5.10 Å². The Morgan fingerprint density at radius 3 is 3.24 bits per heavy atom. The average molecular weight is 248 g/mol. The summed E-state index contributed by atoms with van der Waals surface area (Å²) in [5.74, 6) is 0.270. The van der Waals surface area contributed by atoms with Crippen LogP contribution in [0.15, 0.2) is 23.8 Å². The van der Waals surface area contributed by atoms with Crippen molar-refractivity contribution in [3.05, 3.63) is 34.5 Å². The summed E-state index contributed by atoms with van der Waals surface area (Å²) in [6.45, 7) is 0.794. The maximum atomic E-state index is 12.2. The summed E-state index contributed by atoms with van der Waals surface area (Å²) in [5, 5.41) is 8.40.